The van der Waals surface area contributed by atoms with E-state index in [9.17, 15) is 9.59 Å². The summed E-state index contributed by atoms with van der Waals surface area (Å²) in [6.07, 6.45) is 24.2. The van der Waals surface area contributed by atoms with E-state index >= 15 is 0 Å². The molecule has 2 aromatic carbocycles. The van der Waals surface area contributed by atoms with Crippen molar-refractivity contribution in [3.8, 4) is 44.8 Å². The molecule has 0 saturated heterocycles. The largest absolute Gasteiger partial charge is 0.466 e. The van der Waals surface area contributed by atoms with Crippen LogP contribution in [0.5, 0.6) is 0 Å². The van der Waals surface area contributed by atoms with Crippen LogP contribution < -0.4 is 9.80 Å². The maximum absolute atomic E-state index is 12.6. The first-order valence-corrected chi connectivity index (χ1v) is 69.7. The summed E-state index contributed by atoms with van der Waals surface area (Å²) in [5.41, 5.74) is 11.8. The van der Waals surface area contributed by atoms with Crippen molar-refractivity contribution in [1.82, 2.24) is 39.2 Å². The summed E-state index contributed by atoms with van der Waals surface area (Å²) in [6, 6.07) is 33.0. The first kappa shape index (κ1) is 103. The van der Waals surface area contributed by atoms with E-state index in [2.05, 4.69) is 188 Å². The molecular formula is C98H153BrN10O10Si4Sn. The zero-order chi connectivity index (χ0) is 90.0. The Labute approximate surface area is 761 Å². The number of carbonyl (C=O) groups excluding carboxylic acids is 2. The zero-order valence-corrected chi connectivity index (χ0v) is 87.7. The molecule has 0 atom stereocenters. The van der Waals surface area contributed by atoms with Crippen LogP contribution in [0.3, 0.4) is 0 Å². The van der Waals surface area contributed by atoms with Crippen molar-refractivity contribution >= 4 is 107 Å². The average molecular weight is 1940 g/mol. The molecule has 0 amide bonds. The third-order valence-electron chi connectivity index (χ3n) is 23.6. The fraction of sp³-hybridized carbons (Fsp3) is 0.592. The Kier molecular flexibility index (Phi) is 42.4. The minimum Gasteiger partial charge on any atom is -0.466 e. The predicted octanol–water partition coefficient (Wildman–Crippen LogP) is 25.3. The number of fused-ring (bicyclic) bond motifs is 2. The van der Waals surface area contributed by atoms with Gasteiger partial charge in [0.05, 0.1) is 76.9 Å². The summed E-state index contributed by atoms with van der Waals surface area (Å²) in [4.78, 5) is 49.8. The molecule has 2 saturated carbocycles. The third-order valence-corrected chi connectivity index (χ3v) is 46.3. The monoisotopic (exact) mass is 1940 g/mol. The van der Waals surface area contributed by atoms with E-state index in [0.717, 1.165) is 178 Å². The molecule has 6 aromatic heterocycles. The Hall–Kier alpha value is -6.41. The first-order chi connectivity index (χ1) is 59.3. The van der Waals surface area contributed by atoms with Gasteiger partial charge in [0.15, 0.2) is 17.1 Å². The number of halogens is 1. The van der Waals surface area contributed by atoms with E-state index in [-0.39, 0.29) is 23.8 Å². The summed E-state index contributed by atoms with van der Waals surface area (Å²) < 4.78 is 58.9. The Balaban J connectivity index is 0.000000257. The van der Waals surface area contributed by atoms with Gasteiger partial charge in [0.1, 0.15) is 38.5 Å². The van der Waals surface area contributed by atoms with Crippen LogP contribution in [0.2, 0.25) is 116 Å². The number of esters is 2. The van der Waals surface area contributed by atoms with Gasteiger partial charge < -0.3 is 43.0 Å². The number of nitrogens with zero attached hydrogens (tertiary/aromatic N) is 10. The number of aromatic nitrogens is 8. The minimum absolute atomic E-state index is 0.0134. The molecule has 682 valence electrons. The van der Waals surface area contributed by atoms with Crippen molar-refractivity contribution in [1.29, 1.82) is 0 Å². The molecule has 2 fully saturated rings. The topological polar surface area (TPSA) is 201 Å². The van der Waals surface area contributed by atoms with Crippen LogP contribution in [-0.4, -0.2) is 182 Å². The van der Waals surface area contributed by atoms with Gasteiger partial charge in [-0.15, -0.1) is 0 Å². The molecule has 0 bridgehead atoms. The molecule has 0 spiro atoms. The van der Waals surface area contributed by atoms with Crippen LogP contribution >= 0.6 is 15.9 Å². The quantitative estimate of drug-likeness (QED) is 0.0114. The van der Waals surface area contributed by atoms with E-state index < -0.39 is 50.7 Å². The SMILES string of the molecule is C=C(OCC)c1c(CC2CCC(C(=O)OCC)CC2)nc2c(-c3ccc(-c4ccccc4)nc3)cnn2c1N(COCC[Si](C)(C)C)COCC[Si](C)(C)C.C=[C](OCC)[Sn]([CH2]CCC)([CH2]CCC)[CH2]CCC.CCOC(=O)C1CCC(Cc2nc3c(-c4ccc(-c5ccccc5)nc4)cnn3c(N(COCC[Si](C)(C)C)COCC[Si](C)(C)C)c2Br)CC1. The number of benzene rings is 2. The molecule has 10 rings (SSSR count). The van der Waals surface area contributed by atoms with Gasteiger partial charge in [-0.3, -0.25) is 19.6 Å². The molecule has 0 unspecified atom stereocenters. The van der Waals surface area contributed by atoms with Crippen molar-refractivity contribution in [3.63, 3.8) is 0 Å². The summed E-state index contributed by atoms with van der Waals surface area (Å²) in [7, 11) is -5.18. The van der Waals surface area contributed by atoms with E-state index in [4.69, 9.17) is 68.0 Å². The normalized spacial score (nSPS) is 15.8. The Morgan fingerprint density at radius 3 is 1.15 bits per heavy atom. The fourth-order valence-corrected chi connectivity index (χ4v) is 34.3. The van der Waals surface area contributed by atoms with Gasteiger partial charge >= 0.3 is 132 Å². The molecule has 8 aromatic rings. The van der Waals surface area contributed by atoms with E-state index in [1.165, 1.54) is 55.6 Å². The number of hydrogen-bond donors (Lipinski definition) is 0. The number of unbranched alkanes of at least 4 members (excludes halogenated alkanes) is 3. The summed E-state index contributed by atoms with van der Waals surface area (Å²) in [5, 5.41) is 9.94. The molecule has 0 N–H and O–H groups in total. The molecule has 0 aliphatic heterocycles. The van der Waals surface area contributed by atoms with Crippen molar-refractivity contribution in [2.24, 2.45) is 23.7 Å². The second-order valence-corrected chi connectivity index (χ2v) is 75.2. The zero-order valence-electron chi connectivity index (χ0n) is 79.3. The summed E-state index contributed by atoms with van der Waals surface area (Å²) in [5.74, 6) is 2.73. The number of pyridine rings is 2. The molecule has 124 heavy (non-hydrogen) atoms. The van der Waals surface area contributed by atoms with Gasteiger partial charge in [0, 0.05) is 104 Å². The Bertz CT molecular complexity index is 4470. The maximum atomic E-state index is 12.6. The second-order valence-electron chi connectivity index (χ2n) is 38.8. The van der Waals surface area contributed by atoms with Gasteiger partial charge in [0.2, 0.25) is 0 Å². The summed E-state index contributed by atoms with van der Waals surface area (Å²) in [6.45, 7) is 58.2. The molecular weight excluding hydrogens is 1790 g/mol. The van der Waals surface area contributed by atoms with Crippen LogP contribution in [0.1, 0.15) is 155 Å². The number of anilines is 2. The van der Waals surface area contributed by atoms with Gasteiger partial charge in [-0.2, -0.15) is 19.2 Å². The molecule has 2 aliphatic carbocycles. The molecule has 2 aliphatic rings. The van der Waals surface area contributed by atoms with Gasteiger partial charge in [-0.1, -0.05) is 158 Å². The van der Waals surface area contributed by atoms with Crippen LogP contribution in [0.15, 0.2) is 131 Å². The van der Waals surface area contributed by atoms with Crippen molar-refractivity contribution in [3.05, 3.63) is 148 Å². The fourth-order valence-electron chi connectivity index (χ4n) is 15.9. The number of carbonyl (C=O) groups is 2. The number of hydrogen-bond acceptors (Lipinski definition) is 18. The maximum Gasteiger partial charge on any atom is 0.308 e. The second kappa shape index (κ2) is 51.1. The van der Waals surface area contributed by atoms with Gasteiger partial charge in [0.25, 0.3) is 0 Å². The smallest absolute Gasteiger partial charge is 0.308 e. The molecule has 20 nitrogen and oxygen atoms in total. The van der Waals surface area contributed by atoms with Crippen LogP contribution in [-0.2, 0) is 60.3 Å². The summed E-state index contributed by atoms with van der Waals surface area (Å²) >= 11 is 1.78. The molecule has 0 radical (unpaired) electrons. The van der Waals surface area contributed by atoms with Crippen molar-refractivity contribution in [2.45, 2.75) is 267 Å². The first-order valence-electron chi connectivity index (χ1n) is 46.6. The predicted molar refractivity (Wildman–Crippen MR) is 530 cm³/mol. The average Bonchev–Trinajstić information content (AvgIpc) is 1.60. The van der Waals surface area contributed by atoms with Crippen LogP contribution in [0.4, 0.5) is 11.6 Å². The Morgan fingerprint density at radius 1 is 0.444 bits per heavy atom. The van der Waals surface area contributed by atoms with Crippen LogP contribution in [0.25, 0.3) is 61.8 Å². The van der Waals surface area contributed by atoms with E-state index in [0.29, 0.717) is 97.2 Å². The standard InChI is InChI=1S/C43H63N5O5Si2.C39H56BrN5O4Si2.C4H7O.3C4H9.Sn/c1-10-52-32(3)40-39(27-33-17-19-35(20-18-33)43(49)53-11-2)46-41-37(36-21-22-38(44-28-36)34-15-13-12-14-16-34)29-45-48(41)42(40)47(30-50-23-25-54(4,5)6)31-51-24-26-55(7,8)9;1-8-49-39(46)31-16-14-29(15-17-31)24-35-36(40)38(44(27-47-20-22-50(2,3)4)28-48-21-23-51(5,6)7)45-37(43-35)33(26-42-45)32-18-19-34(41-25-32)30-12-10-9-11-13-30;1-3-5-4-2;3*1-3-4-2;/h12-16,21-22,28-29,33,35H,3,10-11,17-20,23-27,30-31H2,1-2,4-9H3;9-13,18-19,25-26,29,31H,8,14-17,20-24,27-28H2,1-7H3;1,4H2,2H3;3*1,3-4H2,2H3;. The van der Waals surface area contributed by atoms with Gasteiger partial charge in [-0.05, 0) is 149 Å². The minimum atomic E-state index is -2.24. The Morgan fingerprint density at radius 2 is 0.798 bits per heavy atom. The van der Waals surface area contributed by atoms with Crippen LogP contribution in [0, 0.1) is 23.7 Å². The van der Waals surface area contributed by atoms with Gasteiger partial charge in [-0.25, -0.2) is 9.97 Å². The van der Waals surface area contributed by atoms with Crippen molar-refractivity contribution < 1.29 is 47.5 Å². The van der Waals surface area contributed by atoms with E-state index in [1.54, 1.807) is 0 Å². The molecule has 6 heterocycles. The molecule has 26 heteroatoms. The van der Waals surface area contributed by atoms with Crippen molar-refractivity contribution in [2.75, 3.05) is 89.6 Å². The third kappa shape index (κ3) is 32.4. The number of ether oxygens (including phenoxy) is 8. The number of rotatable bonds is 49. The van der Waals surface area contributed by atoms with E-state index in [1.807, 2.05) is 97.1 Å².